The van der Waals surface area contributed by atoms with Gasteiger partial charge in [0.05, 0.1) is 17.6 Å². The number of halogens is 3. The number of amides is 1. The third kappa shape index (κ3) is 3.82. The lowest BCUT2D eigenvalue weighted by molar-refractivity contribution is -0.218. The monoisotopic (exact) mass is 522 g/mol. The molecule has 8 nitrogen and oxygen atoms in total. The van der Waals surface area contributed by atoms with Crippen LogP contribution in [0, 0.1) is 5.41 Å². The summed E-state index contributed by atoms with van der Waals surface area (Å²) in [5.74, 6) is -6.18. The Kier molecular flexibility index (Phi) is 6.26. The van der Waals surface area contributed by atoms with E-state index in [2.05, 4.69) is 19.4 Å². The molecule has 37 heavy (non-hydrogen) atoms. The number of alkyl halides is 3. The summed E-state index contributed by atoms with van der Waals surface area (Å²) in [6.07, 6.45) is 6.79. The van der Waals surface area contributed by atoms with Crippen molar-refractivity contribution in [2.45, 2.75) is 96.6 Å². The van der Waals surface area contributed by atoms with Crippen LogP contribution in [-0.2, 0) is 0 Å². The number of anilines is 2. The Labute approximate surface area is 215 Å². The molecule has 2 saturated heterocycles. The highest BCUT2D eigenvalue weighted by Gasteiger charge is 2.70. The van der Waals surface area contributed by atoms with Gasteiger partial charge in [-0.2, -0.15) is 0 Å². The summed E-state index contributed by atoms with van der Waals surface area (Å²) in [6.45, 7) is 5.92. The van der Waals surface area contributed by atoms with E-state index in [0.29, 0.717) is 15.9 Å². The Hall–Kier alpha value is -2.72. The van der Waals surface area contributed by atoms with Crippen molar-refractivity contribution in [2.24, 2.45) is 5.41 Å². The Morgan fingerprint density at radius 2 is 1.73 bits per heavy atom. The number of piperazine rings is 1. The van der Waals surface area contributed by atoms with E-state index in [1.165, 1.54) is 33.5 Å². The Bertz CT molecular complexity index is 1170. The minimum Gasteiger partial charge on any atom is -0.465 e. The first-order valence-electron chi connectivity index (χ1n) is 13.3. The molecule has 2 aliphatic heterocycles. The number of hydrogen-bond acceptors (Lipinski definition) is 5. The molecule has 3 aliphatic rings. The van der Waals surface area contributed by atoms with Crippen LogP contribution in [0.25, 0.3) is 11.0 Å². The van der Waals surface area contributed by atoms with E-state index in [9.17, 15) is 9.90 Å². The average Bonchev–Trinajstić information content (AvgIpc) is 3.49. The van der Waals surface area contributed by atoms with Gasteiger partial charge in [-0.25, -0.2) is 27.9 Å². The number of aromatic nitrogens is 3. The molecule has 1 saturated carbocycles. The number of carboxylic acid groups (broad SMARTS) is 1. The van der Waals surface area contributed by atoms with Crippen molar-refractivity contribution in [3.8, 4) is 0 Å². The summed E-state index contributed by atoms with van der Waals surface area (Å²) < 4.78 is 51.8. The minimum absolute atomic E-state index is 0.0460. The highest BCUT2D eigenvalue weighted by Crippen LogP contribution is 2.54. The SMILES string of the molecule is CC(C)(C)[C@@]1(F)N(C(=O)O)CC(F)N(c2ncnc3c2c(N2CCCC2)cn3C2CCCCC2)C1(C)F. The Balaban J connectivity index is 1.73. The first kappa shape index (κ1) is 25.9. The largest absolute Gasteiger partial charge is 0.465 e. The van der Waals surface area contributed by atoms with Crippen molar-refractivity contribution < 1.29 is 23.1 Å². The molecule has 2 aromatic heterocycles. The van der Waals surface area contributed by atoms with Gasteiger partial charge in [-0.15, -0.1) is 0 Å². The molecule has 2 aromatic rings. The smallest absolute Gasteiger partial charge is 0.410 e. The summed E-state index contributed by atoms with van der Waals surface area (Å²) in [7, 11) is 0. The molecule has 3 atom stereocenters. The van der Waals surface area contributed by atoms with Gasteiger partial charge < -0.3 is 14.6 Å². The van der Waals surface area contributed by atoms with Crippen molar-refractivity contribution in [3.05, 3.63) is 12.5 Å². The molecule has 1 N–H and O–H groups in total. The van der Waals surface area contributed by atoms with Crippen molar-refractivity contribution >= 4 is 28.6 Å². The summed E-state index contributed by atoms with van der Waals surface area (Å²) in [4.78, 5) is 24.1. The zero-order chi connectivity index (χ0) is 26.8. The predicted octanol–water partition coefficient (Wildman–Crippen LogP) is 6.03. The van der Waals surface area contributed by atoms with Crippen LogP contribution >= 0.6 is 0 Å². The maximum atomic E-state index is 17.0. The van der Waals surface area contributed by atoms with Crippen LogP contribution in [-0.4, -0.2) is 68.2 Å². The maximum absolute atomic E-state index is 17.0. The first-order valence-corrected chi connectivity index (χ1v) is 13.3. The molecular formula is C26H37F3N6O2. The number of carbonyl (C=O) groups is 1. The normalized spacial score (nSPS) is 29.9. The van der Waals surface area contributed by atoms with Gasteiger partial charge in [0.1, 0.15) is 17.8 Å². The highest BCUT2D eigenvalue weighted by molar-refractivity contribution is 6.00. The van der Waals surface area contributed by atoms with Crippen LogP contribution in [0.5, 0.6) is 0 Å². The fraction of sp³-hybridized carbons (Fsp3) is 0.731. The molecule has 11 heteroatoms. The molecule has 0 spiro atoms. The van der Waals surface area contributed by atoms with E-state index < -0.39 is 35.9 Å². The van der Waals surface area contributed by atoms with Crippen molar-refractivity contribution in [3.63, 3.8) is 0 Å². The third-order valence-corrected chi connectivity index (χ3v) is 8.48. The summed E-state index contributed by atoms with van der Waals surface area (Å²) in [5, 5.41) is 10.2. The lowest BCUT2D eigenvalue weighted by atomic mass is 9.75. The van der Waals surface area contributed by atoms with E-state index in [0.717, 1.165) is 64.2 Å². The molecule has 0 aromatic carbocycles. The van der Waals surface area contributed by atoms with Crippen LogP contribution in [0.1, 0.15) is 78.7 Å². The zero-order valence-electron chi connectivity index (χ0n) is 22.1. The average molecular weight is 523 g/mol. The second-order valence-corrected chi connectivity index (χ2v) is 11.8. The van der Waals surface area contributed by atoms with Crippen molar-refractivity contribution in [1.82, 2.24) is 19.4 Å². The highest BCUT2D eigenvalue weighted by atomic mass is 19.2. The van der Waals surface area contributed by atoms with Gasteiger partial charge in [0.25, 0.3) is 0 Å². The van der Waals surface area contributed by atoms with Gasteiger partial charge in [-0.1, -0.05) is 40.0 Å². The van der Waals surface area contributed by atoms with Gasteiger partial charge in [0.2, 0.25) is 11.6 Å². The topological polar surface area (TPSA) is 77.7 Å². The molecule has 5 rings (SSSR count). The van der Waals surface area contributed by atoms with Crippen LogP contribution in [0.4, 0.5) is 29.5 Å². The van der Waals surface area contributed by atoms with Crippen LogP contribution in [0.3, 0.4) is 0 Å². The second kappa shape index (κ2) is 8.94. The van der Waals surface area contributed by atoms with Crippen molar-refractivity contribution in [2.75, 3.05) is 29.4 Å². The maximum Gasteiger partial charge on any atom is 0.410 e. The molecular weight excluding hydrogens is 485 g/mol. The van der Waals surface area contributed by atoms with Gasteiger partial charge in [0.15, 0.2) is 6.30 Å². The predicted molar refractivity (Wildman–Crippen MR) is 136 cm³/mol. The fourth-order valence-corrected chi connectivity index (χ4v) is 6.73. The van der Waals surface area contributed by atoms with E-state index >= 15 is 13.2 Å². The Morgan fingerprint density at radius 1 is 1.08 bits per heavy atom. The fourth-order valence-electron chi connectivity index (χ4n) is 6.73. The molecule has 0 radical (unpaired) electrons. The zero-order valence-corrected chi connectivity index (χ0v) is 22.1. The third-order valence-electron chi connectivity index (χ3n) is 8.48. The molecule has 2 unspecified atom stereocenters. The lowest BCUT2D eigenvalue weighted by Crippen LogP contribution is -2.78. The molecule has 1 aliphatic carbocycles. The second-order valence-electron chi connectivity index (χ2n) is 11.8. The van der Waals surface area contributed by atoms with Crippen LogP contribution in [0.15, 0.2) is 12.5 Å². The van der Waals surface area contributed by atoms with Crippen molar-refractivity contribution in [1.29, 1.82) is 0 Å². The summed E-state index contributed by atoms with van der Waals surface area (Å²) >= 11 is 0. The molecule has 4 heterocycles. The first-order chi connectivity index (χ1) is 17.4. The quantitative estimate of drug-likeness (QED) is 0.496. The molecule has 0 bridgehead atoms. The van der Waals surface area contributed by atoms with E-state index in [-0.39, 0.29) is 16.8 Å². The molecule has 1 amide bonds. The van der Waals surface area contributed by atoms with E-state index in [4.69, 9.17) is 0 Å². The van der Waals surface area contributed by atoms with Gasteiger partial charge >= 0.3 is 6.09 Å². The number of hydrogen-bond donors (Lipinski definition) is 1. The summed E-state index contributed by atoms with van der Waals surface area (Å²) in [6, 6.07) is 0.215. The van der Waals surface area contributed by atoms with Gasteiger partial charge in [0, 0.05) is 30.7 Å². The number of rotatable bonds is 3. The lowest BCUT2D eigenvalue weighted by Gasteiger charge is -2.58. The van der Waals surface area contributed by atoms with Gasteiger partial charge in [-0.3, -0.25) is 9.80 Å². The standard InChI is InChI=1S/C26H37F3N6O2/c1-24(2,3)26(29)25(4,28)35(19(27)15-34(26)23(36)37)22-20-18(32-12-8-9-13-32)14-33(21(20)30-16-31-22)17-10-6-5-7-11-17/h14,16-17,19H,5-13,15H2,1-4H3,(H,36,37)/t19?,25?,26-/m1/s1. The van der Waals surface area contributed by atoms with E-state index in [1.807, 2.05) is 6.20 Å². The Morgan fingerprint density at radius 3 is 2.32 bits per heavy atom. The summed E-state index contributed by atoms with van der Waals surface area (Å²) in [5.41, 5.74) is -0.147. The minimum atomic E-state index is -3.07. The number of fused-ring (bicyclic) bond motifs is 1. The molecule has 3 fully saturated rings. The van der Waals surface area contributed by atoms with Crippen LogP contribution < -0.4 is 9.80 Å². The van der Waals surface area contributed by atoms with Crippen LogP contribution in [0.2, 0.25) is 0 Å². The molecule has 204 valence electrons. The number of nitrogens with zero attached hydrogens (tertiary/aromatic N) is 6. The van der Waals surface area contributed by atoms with Gasteiger partial charge in [-0.05, 0) is 32.6 Å². The van der Waals surface area contributed by atoms with E-state index in [1.54, 1.807) is 0 Å².